The molecule has 0 aliphatic rings. The first kappa shape index (κ1) is 22.3. The Morgan fingerprint density at radius 3 is 2.59 bits per heavy atom. The molecular formula is C23H18ClN7OS2. The van der Waals surface area contributed by atoms with Crippen LogP contribution in [0.5, 0.6) is 0 Å². The van der Waals surface area contributed by atoms with Crippen LogP contribution in [-0.2, 0) is 13.0 Å². The number of hydrogen-bond acceptors (Lipinski definition) is 7. The summed E-state index contributed by atoms with van der Waals surface area (Å²) in [7, 11) is 0. The van der Waals surface area contributed by atoms with Crippen LogP contribution in [0, 0.1) is 0 Å². The molecule has 0 aliphatic heterocycles. The quantitative estimate of drug-likeness (QED) is 0.353. The van der Waals surface area contributed by atoms with E-state index < -0.39 is 0 Å². The number of aromatic nitrogens is 6. The van der Waals surface area contributed by atoms with E-state index in [0.717, 1.165) is 33.7 Å². The number of tetrazole rings is 1. The Hall–Kier alpha value is -3.47. The molecule has 5 rings (SSSR count). The molecule has 8 nitrogen and oxygen atoms in total. The fourth-order valence-electron chi connectivity index (χ4n) is 3.43. The molecular weight excluding hydrogens is 490 g/mol. The molecule has 0 fully saturated rings. The highest BCUT2D eigenvalue weighted by molar-refractivity contribution is 7.12. The van der Waals surface area contributed by atoms with E-state index in [-0.39, 0.29) is 5.91 Å². The van der Waals surface area contributed by atoms with Crippen molar-refractivity contribution in [2.24, 2.45) is 4.99 Å². The van der Waals surface area contributed by atoms with E-state index in [1.807, 2.05) is 43.3 Å². The van der Waals surface area contributed by atoms with Gasteiger partial charge in [-0.15, -0.1) is 21.5 Å². The molecule has 3 aromatic heterocycles. The van der Waals surface area contributed by atoms with Crippen molar-refractivity contribution in [3.05, 3.63) is 85.2 Å². The largest absolute Gasteiger partial charge is 0.291 e. The lowest BCUT2D eigenvalue weighted by atomic mass is 9.98. The SMILES string of the molecule is CCc1nn(Cc2ccc(-c3ccccc3-c3nn[nH]n3)cc2)c(=NC(=O)c2sccc2Cl)s1. The summed E-state index contributed by atoms with van der Waals surface area (Å²) in [6.45, 7) is 2.52. The number of benzene rings is 2. The molecule has 0 spiro atoms. The predicted octanol–water partition coefficient (Wildman–Crippen LogP) is 4.86. The molecule has 3 heterocycles. The second-order valence-corrected chi connectivity index (χ2v) is 9.65. The van der Waals surface area contributed by atoms with Gasteiger partial charge in [0.05, 0.1) is 11.6 Å². The Morgan fingerprint density at radius 1 is 1.12 bits per heavy atom. The van der Waals surface area contributed by atoms with E-state index in [0.29, 0.717) is 27.1 Å². The van der Waals surface area contributed by atoms with Gasteiger partial charge in [-0.05, 0) is 39.8 Å². The first-order valence-corrected chi connectivity index (χ1v) is 12.5. The normalized spacial score (nSPS) is 11.8. The molecule has 0 bridgehead atoms. The van der Waals surface area contributed by atoms with E-state index >= 15 is 0 Å². The Bertz CT molecular complexity index is 1500. The molecule has 0 unspecified atom stereocenters. The van der Waals surface area contributed by atoms with Gasteiger partial charge >= 0.3 is 0 Å². The Morgan fingerprint density at radius 2 is 1.91 bits per heavy atom. The van der Waals surface area contributed by atoms with Crippen molar-refractivity contribution in [2.75, 3.05) is 0 Å². The molecule has 0 saturated heterocycles. The third kappa shape index (κ3) is 4.60. The second kappa shape index (κ2) is 9.80. The molecule has 11 heteroatoms. The molecule has 170 valence electrons. The molecule has 1 amide bonds. The monoisotopic (exact) mass is 507 g/mol. The number of rotatable bonds is 6. The third-order valence-electron chi connectivity index (χ3n) is 5.08. The number of carbonyl (C=O) groups excluding carboxylic acids is 1. The smallest absolute Gasteiger partial charge is 0.266 e. The van der Waals surface area contributed by atoms with Gasteiger partial charge in [-0.3, -0.25) is 4.79 Å². The summed E-state index contributed by atoms with van der Waals surface area (Å²) >= 11 is 8.81. The average Bonchev–Trinajstić information content (AvgIpc) is 3.62. The number of aromatic amines is 1. The molecule has 5 aromatic rings. The van der Waals surface area contributed by atoms with Crippen LogP contribution >= 0.6 is 34.3 Å². The maximum atomic E-state index is 12.6. The summed E-state index contributed by atoms with van der Waals surface area (Å²) in [5, 5.41) is 22.1. The zero-order valence-electron chi connectivity index (χ0n) is 18.0. The zero-order chi connectivity index (χ0) is 23.5. The van der Waals surface area contributed by atoms with E-state index in [4.69, 9.17) is 11.6 Å². The topological polar surface area (TPSA) is 102 Å². The first-order chi connectivity index (χ1) is 16.6. The van der Waals surface area contributed by atoms with Crippen LogP contribution in [0.15, 0.2) is 65.0 Å². The van der Waals surface area contributed by atoms with Crippen molar-refractivity contribution in [1.29, 1.82) is 0 Å². The fraction of sp³-hybridized carbons (Fsp3) is 0.130. The third-order valence-corrected chi connectivity index (χ3v) is 7.50. The maximum absolute atomic E-state index is 12.6. The van der Waals surface area contributed by atoms with Gasteiger partial charge in [0.2, 0.25) is 10.6 Å². The minimum Gasteiger partial charge on any atom is -0.266 e. The maximum Gasteiger partial charge on any atom is 0.291 e. The number of amides is 1. The Balaban J connectivity index is 1.44. The number of H-pyrrole nitrogens is 1. The van der Waals surface area contributed by atoms with E-state index in [2.05, 4.69) is 42.8 Å². The van der Waals surface area contributed by atoms with Crippen LogP contribution in [0.3, 0.4) is 0 Å². The minimum absolute atomic E-state index is 0.353. The van der Waals surface area contributed by atoms with Crippen molar-refractivity contribution >= 4 is 40.2 Å². The lowest BCUT2D eigenvalue weighted by Gasteiger charge is -2.08. The van der Waals surface area contributed by atoms with Crippen molar-refractivity contribution in [3.8, 4) is 22.5 Å². The zero-order valence-corrected chi connectivity index (χ0v) is 20.4. The van der Waals surface area contributed by atoms with Crippen molar-refractivity contribution in [2.45, 2.75) is 19.9 Å². The van der Waals surface area contributed by atoms with E-state index in [9.17, 15) is 4.79 Å². The van der Waals surface area contributed by atoms with Crippen LogP contribution in [0.25, 0.3) is 22.5 Å². The number of nitrogens with one attached hydrogen (secondary N) is 1. The summed E-state index contributed by atoms with van der Waals surface area (Å²) in [5.41, 5.74) is 3.99. The number of thiophene rings is 1. The fourth-order valence-corrected chi connectivity index (χ4v) is 5.29. The summed E-state index contributed by atoms with van der Waals surface area (Å²) < 4.78 is 1.77. The van der Waals surface area contributed by atoms with Gasteiger partial charge in [0.25, 0.3) is 5.91 Å². The highest BCUT2D eigenvalue weighted by atomic mass is 35.5. The van der Waals surface area contributed by atoms with Crippen LogP contribution in [0.2, 0.25) is 5.02 Å². The Kier molecular flexibility index (Phi) is 6.43. The van der Waals surface area contributed by atoms with Gasteiger partial charge in [-0.25, -0.2) is 4.68 Å². The summed E-state index contributed by atoms with van der Waals surface area (Å²) in [4.78, 5) is 17.9. The predicted molar refractivity (Wildman–Crippen MR) is 133 cm³/mol. The van der Waals surface area contributed by atoms with E-state index in [1.165, 1.54) is 22.7 Å². The molecule has 2 aromatic carbocycles. The summed E-state index contributed by atoms with van der Waals surface area (Å²) in [6.07, 6.45) is 0.764. The number of aryl methyl sites for hydroxylation is 1. The van der Waals surface area contributed by atoms with Crippen LogP contribution < -0.4 is 4.80 Å². The molecule has 0 saturated carbocycles. The lowest BCUT2D eigenvalue weighted by Crippen LogP contribution is -2.19. The van der Waals surface area contributed by atoms with Gasteiger partial charge in [-0.2, -0.15) is 15.3 Å². The second-order valence-electron chi connectivity index (χ2n) is 7.28. The highest BCUT2D eigenvalue weighted by Crippen LogP contribution is 2.29. The summed E-state index contributed by atoms with van der Waals surface area (Å²) in [6, 6.07) is 17.8. The molecule has 34 heavy (non-hydrogen) atoms. The van der Waals surface area contributed by atoms with Gasteiger partial charge in [-0.1, -0.05) is 78.4 Å². The standard InChI is InChI=1S/C23H18ClN7OS2/c1-2-19-28-31(23(34-19)25-22(32)20-18(24)11-12-33-20)13-14-7-9-15(10-8-14)16-5-3-4-6-17(16)21-26-29-30-27-21/h3-12H,2,13H2,1H3,(H,26,27,29,30). The number of hydrogen-bond donors (Lipinski definition) is 1. The minimum atomic E-state index is -0.353. The number of nitrogens with zero attached hydrogens (tertiary/aromatic N) is 6. The van der Waals surface area contributed by atoms with Crippen molar-refractivity contribution in [3.63, 3.8) is 0 Å². The van der Waals surface area contributed by atoms with Crippen molar-refractivity contribution in [1.82, 2.24) is 30.4 Å². The lowest BCUT2D eigenvalue weighted by molar-refractivity contribution is 0.100. The van der Waals surface area contributed by atoms with Gasteiger partial charge < -0.3 is 0 Å². The molecule has 0 radical (unpaired) electrons. The van der Waals surface area contributed by atoms with Crippen LogP contribution in [0.4, 0.5) is 0 Å². The van der Waals surface area contributed by atoms with Gasteiger partial charge in [0, 0.05) is 5.56 Å². The Labute approximate surface area is 207 Å². The van der Waals surface area contributed by atoms with Gasteiger partial charge in [0.1, 0.15) is 9.88 Å². The molecule has 0 aliphatic carbocycles. The van der Waals surface area contributed by atoms with Crippen LogP contribution in [-0.4, -0.2) is 36.3 Å². The number of carbonyl (C=O) groups is 1. The molecule has 1 N–H and O–H groups in total. The number of halogens is 1. The van der Waals surface area contributed by atoms with E-state index in [1.54, 1.807) is 16.1 Å². The average molecular weight is 508 g/mol. The first-order valence-electron chi connectivity index (χ1n) is 10.4. The highest BCUT2D eigenvalue weighted by Gasteiger charge is 2.14. The van der Waals surface area contributed by atoms with Crippen LogP contribution in [0.1, 0.15) is 27.2 Å². The van der Waals surface area contributed by atoms with Crippen molar-refractivity contribution < 1.29 is 4.79 Å². The molecule has 0 atom stereocenters. The summed E-state index contributed by atoms with van der Waals surface area (Å²) in [5.74, 6) is 0.194. The van der Waals surface area contributed by atoms with Gasteiger partial charge in [0.15, 0.2) is 0 Å².